The number of carbonyl (C=O) groups is 1. The topological polar surface area (TPSA) is 48.3 Å². The largest absolute Gasteiger partial charge is 0.383 e. The van der Waals surface area contributed by atoms with Gasteiger partial charge in [-0.05, 0) is 42.0 Å². The van der Waals surface area contributed by atoms with Gasteiger partial charge in [-0.25, -0.2) is 4.39 Å². The number of ether oxygens (including phenoxy) is 1. The lowest BCUT2D eigenvalue weighted by Crippen LogP contribution is -2.26. The summed E-state index contributed by atoms with van der Waals surface area (Å²) in [6, 6.07) is 8.98. The summed E-state index contributed by atoms with van der Waals surface area (Å²) in [6.45, 7) is 0.667. The van der Waals surface area contributed by atoms with Gasteiger partial charge in [-0.2, -0.15) is 0 Å². The number of halogens is 1. The summed E-state index contributed by atoms with van der Waals surface area (Å²) in [4.78, 5) is 23.0. The second-order valence-electron chi connectivity index (χ2n) is 4.25. The van der Waals surface area contributed by atoms with Crippen LogP contribution in [0.5, 0.6) is 0 Å². The van der Waals surface area contributed by atoms with Gasteiger partial charge in [-0.15, -0.1) is 0 Å². The van der Waals surface area contributed by atoms with Crippen LogP contribution in [-0.2, 0) is 11.3 Å². The summed E-state index contributed by atoms with van der Waals surface area (Å²) in [7, 11) is 1.53. The maximum Gasteiger partial charge on any atom is 0.261 e. The van der Waals surface area contributed by atoms with Crippen LogP contribution in [0.4, 0.5) is 4.39 Å². The highest BCUT2D eigenvalue weighted by molar-refractivity contribution is 5.75. The molecule has 0 bridgehead atoms. The molecule has 0 atom stereocenters. The van der Waals surface area contributed by atoms with Gasteiger partial charge in [-0.3, -0.25) is 9.59 Å². The molecule has 0 spiro atoms. The van der Waals surface area contributed by atoms with E-state index < -0.39 is 0 Å². The van der Waals surface area contributed by atoms with Crippen LogP contribution in [0.15, 0.2) is 41.2 Å². The third-order valence-corrected chi connectivity index (χ3v) is 2.99. The molecular formula is C15H14FNO3. The fourth-order valence-electron chi connectivity index (χ4n) is 1.96. The second-order valence-corrected chi connectivity index (χ2v) is 4.25. The van der Waals surface area contributed by atoms with E-state index in [1.807, 2.05) is 0 Å². The Kier molecular flexibility index (Phi) is 4.42. The van der Waals surface area contributed by atoms with Crippen LogP contribution in [0, 0.1) is 5.82 Å². The lowest BCUT2D eigenvalue weighted by atomic mass is 10.1. The molecule has 104 valence electrons. The average Bonchev–Trinajstić information content (AvgIpc) is 2.47. The molecule has 4 nitrogen and oxygen atoms in total. The molecule has 0 fully saturated rings. The van der Waals surface area contributed by atoms with E-state index in [1.165, 1.54) is 29.9 Å². The first-order valence-corrected chi connectivity index (χ1v) is 6.11. The molecule has 2 rings (SSSR count). The number of aldehydes is 1. The smallest absolute Gasteiger partial charge is 0.261 e. The number of hydrogen-bond donors (Lipinski definition) is 0. The fourth-order valence-corrected chi connectivity index (χ4v) is 1.96. The van der Waals surface area contributed by atoms with Gasteiger partial charge in [0.25, 0.3) is 5.56 Å². The molecule has 0 N–H and O–H groups in total. The van der Waals surface area contributed by atoms with Crippen molar-refractivity contribution in [3.63, 3.8) is 0 Å². The molecule has 1 aromatic heterocycles. The molecule has 1 aromatic carbocycles. The Bertz CT molecular complexity index is 662. The SMILES string of the molecule is COCCn1c(-c2ccc(F)cc2)ccc(C=O)c1=O. The van der Waals surface area contributed by atoms with E-state index in [-0.39, 0.29) is 16.9 Å². The van der Waals surface area contributed by atoms with Crippen LogP contribution in [0.1, 0.15) is 10.4 Å². The number of methoxy groups -OCH3 is 1. The van der Waals surface area contributed by atoms with Crippen molar-refractivity contribution in [3.05, 3.63) is 58.1 Å². The van der Waals surface area contributed by atoms with Crippen LogP contribution in [0.2, 0.25) is 0 Å². The van der Waals surface area contributed by atoms with Crippen molar-refractivity contribution in [1.82, 2.24) is 4.57 Å². The third-order valence-electron chi connectivity index (χ3n) is 2.99. The van der Waals surface area contributed by atoms with E-state index in [1.54, 1.807) is 18.2 Å². The monoisotopic (exact) mass is 275 g/mol. The van der Waals surface area contributed by atoms with Gasteiger partial charge >= 0.3 is 0 Å². The first-order chi connectivity index (χ1) is 9.67. The summed E-state index contributed by atoms with van der Waals surface area (Å²) >= 11 is 0. The molecular weight excluding hydrogens is 261 g/mol. The molecule has 1 heterocycles. The molecule has 5 heteroatoms. The lowest BCUT2D eigenvalue weighted by Gasteiger charge is -2.13. The number of aromatic nitrogens is 1. The Morgan fingerprint density at radius 1 is 1.20 bits per heavy atom. The van der Waals surface area contributed by atoms with E-state index >= 15 is 0 Å². The van der Waals surface area contributed by atoms with Gasteiger partial charge in [0.05, 0.1) is 17.9 Å². The van der Waals surface area contributed by atoms with Crippen LogP contribution in [0.25, 0.3) is 11.3 Å². The number of hydrogen-bond acceptors (Lipinski definition) is 3. The quantitative estimate of drug-likeness (QED) is 0.785. The van der Waals surface area contributed by atoms with E-state index in [9.17, 15) is 14.0 Å². The van der Waals surface area contributed by atoms with Crippen molar-refractivity contribution in [1.29, 1.82) is 0 Å². The highest BCUT2D eigenvalue weighted by atomic mass is 19.1. The number of nitrogens with zero attached hydrogens (tertiary/aromatic N) is 1. The van der Waals surface area contributed by atoms with Crippen LogP contribution in [0.3, 0.4) is 0 Å². The standard InChI is InChI=1S/C15H14FNO3/c1-20-9-8-17-14(7-4-12(10-18)15(17)19)11-2-5-13(16)6-3-11/h2-7,10H,8-9H2,1H3. The fraction of sp³-hybridized carbons (Fsp3) is 0.200. The van der Waals surface area contributed by atoms with Crippen molar-refractivity contribution in [3.8, 4) is 11.3 Å². The van der Waals surface area contributed by atoms with E-state index in [0.717, 1.165) is 0 Å². The molecule has 0 saturated carbocycles. The molecule has 0 saturated heterocycles. The zero-order valence-electron chi connectivity index (χ0n) is 11.0. The van der Waals surface area contributed by atoms with Crippen molar-refractivity contribution < 1.29 is 13.9 Å². The predicted molar refractivity (Wildman–Crippen MR) is 73.4 cm³/mol. The number of carbonyl (C=O) groups excluding carboxylic acids is 1. The van der Waals surface area contributed by atoms with Gasteiger partial charge in [-0.1, -0.05) is 0 Å². The number of rotatable bonds is 5. The van der Waals surface area contributed by atoms with Gasteiger partial charge in [0, 0.05) is 13.7 Å². The second kappa shape index (κ2) is 6.25. The Morgan fingerprint density at radius 2 is 1.90 bits per heavy atom. The highest BCUT2D eigenvalue weighted by Gasteiger charge is 2.10. The Labute approximate surface area is 115 Å². The van der Waals surface area contributed by atoms with Crippen LogP contribution in [-0.4, -0.2) is 24.6 Å². The van der Waals surface area contributed by atoms with Crippen LogP contribution >= 0.6 is 0 Å². The van der Waals surface area contributed by atoms with E-state index in [4.69, 9.17) is 4.74 Å². The maximum atomic E-state index is 13.0. The van der Waals surface area contributed by atoms with E-state index in [2.05, 4.69) is 0 Å². The molecule has 0 unspecified atom stereocenters. The van der Waals surface area contributed by atoms with Gasteiger partial charge < -0.3 is 9.30 Å². The van der Waals surface area contributed by atoms with Gasteiger partial charge in [0.2, 0.25) is 0 Å². The summed E-state index contributed by atoms with van der Waals surface area (Å²) in [5.41, 5.74) is 1.04. The predicted octanol–water partition coefficient (Wildman–Crippen LogP) is 2.11. The first kappa shape index (κ1) is 14.1. The van der Waals surface area contributed by atoms with Crippen molar-refractivity contribution >= 4 is 6.29 Å². The summed E-state index contributed by atoms with van der Waals surface area (Å²) in [5, 5.41) is 0. The molecule has 0 aliphatic rings. The lowest BCUT2D eigenvalue weighted by molar-refractivity contribution is 0.112. The summed E-state index contributed by atoms with van der Waals surface area (Å²) in [5.74, 6) is -0.343. The average molecular weight is 275 g/mol. The molecule has 20 heavy (non-hydrogen) atoms. The number of benzene rings is 1. The molecule has 0 amide bonds. The van der Waals surface area contributed by atoms with E-state index in [0.29, 0.717) is 30.7 Å². The molecule has 0 radical (unpaired) electrons. The number of pyridine rings is 1. The highest BCUT2D eigenvalue weighted by Crippen LogP contribution is 2.18. The van der Waals surface area contributed by atoms with Crippen molar-refractivity contribution in [2.24, 2.45) is 0 Å². The first-order valence-electron chi connectivity index (χ1n) is 6.11. The normalized spacial score (nSPS) is 10.5. The minimum Gasteiger partial charge on any atom is -0.383 e. The van der Waals surface area contributed by atoms with Crippen LogP contribution < -0.4 is 5.56 Å². The zero-order valence-corrected chi connectivity index (χ0v) is 11.0. The maximum absolute atomic E-state index is 13.0. The Balaban J connectivity index is 2.56. The summed E-state index contributed by atoms with van der Waals surface area (Å²) in [6.07, 6.45) is 0.528. The molecule has 0 aliphatic carbocycles. The zero-order chi connectivity index (χ0) is 14.5. The van der Waals surface area contributed by atoms with Gasteiger partial charge in [0.15, 0.2) is 6.29 Å². The molecule has 0 aliphatic heterocycles. The Hall–Kier alpha value is -2.27. The molecule has 2 aromatic rings. The summed E-state index contributed by atoms with van der Waals surface area (Å²) < 4.78 is 19.4. The van der Waals surface area contributed by atoms with Crippen molar-refractivity contribution in [2.45, 2.75) is 6.54 Å². The van der Waals surface area contributed by atoms with Gasteiger partial charge in [0.1, 0.15) is 5.82 Å². The Morgan fingerprint density at radius 3 is 2.50 bits per heavy atom. The minimum absolute atomic E-state index is 0.0898. The minimum atomic E-state index is -0.376. The third kappa shape index (κ3) is 2.83. The van der Waals surface area contributed by atoms with Crippen molar-refractivity contribution in [2.75, 3.05) is 13.7 Å².